The first kappa shape index (κ1) is 14.4. The molecule has 0 fully saturated rings. The molecular weight excluding hydrogens is 192 g/mol. The van der Waals surface area contributed by atoms with Gasteiger partial charge in [-0.05, 0) is 19.8 Å². The van der Waals surface area contributed by atoms with E-state index in [9.17, 15) is 4.79 Å². The average Bonchev–Trinajstić information content (AvgIpc) is 2.17. The van der Waals surface area contributed by atoms with Crippen LogP contribution < -0.4 is 0 Å². The van der Waals surface area contributed by atoms with Gasteiger partial charge in [0.2, 0.25) is 0 Å². The summed E-state index contributed by atoms with van der Waals surface area (Å²) in [5.41, 5.74) is 0. The maximum absolute atomic E-state index is 11.7. The van der Waals surface area contributed by atoms with E-state index in [0.717, 1.165) is 25.7 Å². The fourth-order valence-electron chi connectivity index (χ4n) is 1.61. The van der Waals surface area contributed by atoms with Gasteiger partial charge in [0.15, 0.2) is 0 Å². The molecular formula is C12H24O3. The molecule has 90 valence electrons. The molecule has 0 saturated heterocycles. The van der Waals surface area contributed by atoms with Crippen LogP contribution in [0, 0.1) is 5.92 Å². The molecule has 1 N–H and O–H groups in total. The van der Waals surface area contributed by atoms with Crippen molar-refractivity contribution >= 4 is 5.97 Å². The highest BCUT2D eigenvalue weighted by atomic mass is 16.5. The highest BCUT2D eigenvalue weighted by Crippen LogP contribution is 2.16. The van der Waals surface area contributed by atoms with E-state index in [2.05, 4.69) is 13.8 Å². The molecule has 0 amide bonds. The highest BCUT2D eigenvalue weighted by molar-refractivity contribution is 5.72. The molecule has 0 aromatic rings. The summed E-state index contributed by atoms with van der Waals surface area (Å²) in [6, 6.07) is 0. The molecule has 0 saturated carbocycles. The van der Waals surface area contributed by atoms with Crippen molar-refractivity contribution in [1.29, 1.82) is 0 Å². The van der Waals surface area contributed by atoms with E-state index in [1.807, 2.05) is 6.92 Å². The normalized spacial score (nSPS) is 12.9. The summed E-state index contributed by atoms with van der Waals surface area (Å²) < 4.78 is 5.26. The van der Waals surface area contributed by atoms with Gasteiger partial charge in [-0.3, -0.25) is 4.79 Å². The number of rotatable bonds is 8. The fraction of sp³-hybridized carbons (Fsp3) is 0.917. The molecule has 0 aliphatic rings. The molecule has 3 nitrogen and oxygen atoms in total. The van der Waals surface area contributed by atoms with Crippen LogP contribution in [0.25, 0.3) is 0 Å². The van der Waals surface area contributed by atoms with Gasteiger partial charge in [0.1, 0.15) is 6.10 Å². The van der Waals surface area contributed by atoms with Gasteiger partial charge in [-0.1, -0.05) is 26.7 Å². The highest BCUT2D eigenvalue weighted by Gasteiger charge is 2.19. The lowest BCUT2D eigenvalue weighted by Crippen LogP contribution is -2.23. The third-order valence-corrected chi connectivity index (χ3v) is 2.46. The van der Waals surface area contributed by atoms with Crippen molar-refractivity contribution in [2.75, 3.05) is 6.61 Å². The van der Waals surface area contributed by atoms with Gasteiger partial charge in [-0.2, -0.15) is 0 Å². The first-order valence-corrected chi connectivity index (χ1v) is 5.97. The predicted octanol–water partition coefficient (Wildman–Crippen LogP) is 2.52. The molecule has 0 bridgehead atoms. The Morgan fingerprint density at radius 1 is 1.20 bits per heavy atom. The summed E-state index contributed by atoms with van der Waals surface area (Å²) in [7, 11) is 0. The van der Waals surface area contributed by atoms with Crippen LogP contribution in [-0.2, 0) is 9.53 Å². The quantitative estimate of drug-likeness (QED) is 0.634. The monoisotopic (exact) mass is 216 g/mol. The van der Waals surface area contributed by atoms with E-state index < -0.39 is 0 Å². The molecule has 0 aliphatic carbocycles. The van der Waals surface area contributed by atoms with E-state index in [-0.39, 0.29) is 24.6 Å². The SMILES string of the molecule is CCCC(CCC)C(=O)O[C@@H](C)CCO. The van der Waals surface area contributed by atoms with Gasteiger partial charge < -0.3 is 9.84 Å². The van der Waals surface area contributed by atoms with Crippen molar-refractivity contribution in [2.45, 2.75) is 59.0 Å². The van der Waals surface area contributed by atoms with E-state index in [0.29, 0.717) is 6.42 Å². The van der Waals surface area contributed by atoms with Crippen LogP contribution in [0.15, 0.2) is 0 Å². The molecule has 0 aliphatic heterocycles. The van der Waals surface area contributed by atoms with Crippen LogP contribution >= 0.6 is 0 Å². The van der Waals surface area contributed by atoms with Crippen LogP contribution in [0.4, 0.5) is 0 Å². The molecule has 0 radical (unpaired) electrons. The summed E-state index contributed by atoms with van der Waals surface area (Å²) in [5.74, 6) is -0.0548. The van der Waals surface area contributed by atoms with Crippen LogP contribution in [0.5, 0.6) is 0 Å². The number of hydrogen-bond donors (Lipinski definition) is 1. The zero-order valence-electron chi connectivity index (χ0n) is 10.2. The molecule has 0 heterocycles. The Morgan fingerprint density at radius 2 is 1.73 bits per heavy atom. The third kappa shape index (κ3) is 6.50. The third-order valence-electron chi connectivity index (χ3n) is 2.46. The van der Waals surface area contributed by atoms with Crippen molar-refractivity contribution in [3.8, 4) is 0 Å². The van der Waals surface area contributed by atoms with Crippen LogP contribution in [-0.4, -0.2) is 23.8 Å². The van der Waals surface area contributed by atoms with Gasteiger partial charge in [0.05, 0.1) is 5.92 Å². The van der Waals surface area contributed by atoms with Crippen LogP contribution in [0.1, 0.15) is 52.9 Å². The zero-order chi connectivity index (χ0) is 11.7. The lowest BCUT2D eigenvalue weighted by molar-refractivity contribution is -0.154. The van der Waals surface area contributed by atoms with Gasteiger partial charge in [-0.15, -0.1) is 0 Å². The van der Waals surface area contributed by atoms with Gasteiger partial charge in [0, 0.05) is 13.0 Å². The van der Waals surface area contributed by atoms with Crippen LogP contribution in [0.2, 0.25) is 0 Å². The molecule has 0 unspecified atom stereocenters. The Morgan fingerprint density at radius 3 is 2.13 bits per heavy atom. The number of carbonyl (C=O) groups is 1. The summed E-state index contributed by atoms with van der Waals surface area (Å²) in [5, 5.41) is 8.70. The van der Waals surface area contributed by atoms with E-state index in [1.54, 1.807) is 0 Å². The molecule has 0 spiro atoms. The van der Waals surface area contributed by atoms with Gasteiger partial charge in [-0.25, -0.2) is 0 Å². The number of esters is 1. The maximum atomic E-state index is 11.7. The smallest absolute Gasteiger partial charge is 0.309 e. The second-order valence-corrected chi connectivity index (χ2v) is 4.03. The lowest BCUT2D eigenvalue weighted by Gasteiger charge is -2.18. The summed E-state index contributed by atoms with van der Waals surface area (Å²) in [6.07, 6.45) is 4.18. The van der Waals surface area contributed by atoms with Crippen molar-refractivity contribution in [1.82, 2.24) is 0 Å². The second kappa shape index (κ2) is 8.72. The number of ether oxygens (including phenoxy) is 1. The predicted molar refractivity (Wildman–Crippen MR) is 60.6 cm³/mol. The first-order valence-electron chi connectivity index (χ1n) is 5.97. The Hall–Kier alpha value is -0.570. The minimum Gasteiger partial charge on any atom is -0.462 e. The second-order valence-electron chi connectivity index (χ2n) is 4.03. The van der Waals surface area contributed by atoms with Crippen molar-refractivity contribution < 1.29 is 14.6 Å². The van der Waals surface area contributed by atoms with E-state index >= 15 is 0 Å². The Kier molecular flexibility index (Phi) is 8.38. The molecule has 0 aromatic heterocycles. The van der Waals surface area contributed by atoms with Gasteiger partial charge >= 0.3 is 5.97 Å². The summed E-state index contributed by atoms with van der Waals surface area (Å²) in [4.78, 5) is 11.7. The number of aliphatic hydroxyl groups is 1. The zero-order valence-corrected chi connectivity index (χ0v) is 10.2. The van der Waals surface area contributed by atoms with Crippen molar-refractivity contribution in [2.24, 2.45) is 5.92 Å². The van der Waals surface area contributed by atoms with Crippen molar-refractivity contribution in [3.05, 3.63) is 0 Å². The Balaban J connectivity index is 4.00. The largest absolute Gasteiger partial charge is 0.462 e. The fourth-order valence-corrected chi connectivity index (χ4v) is 1.61. The maximum Gasteiger partial charge on any atom is 0.309 e. The number of aliphatic hydroxyl groups excluding tert-OH is 1. The molecule has 0 aromatic carbocycles. The molecule has 15 heavy (non-hydrogen) atoms. The Bertz CT molecular complexity index is 162. The van der Waals surface area contributed by atoms with Crippen molar-refractivity contribution in [3.63, 3.8) is 0 Å². The van der Waals surface area contributed by atoms with E-state index in [4.69, 9.17) is 9.84 Å². The number of hydrogen-bond acceptors (Lipinski definition) is 3. The van der Waals surface area contributed by atoms with Gasteiger partial charge in [0.25, 0.3) is 0 Å². The first-order chi connectivity index (χ1) is 7.15. The molecule has 3 heteroatoms. The van der Waals surface area contributed by atoms with E-state index in [1.165, 1.54) is 0 Å². The lowest BCUT2D eigenvalue weighted by atomic mass is 9.98. The summed E-state index contributed by atoms with van der Waals surface area (Å²) >= 11 is 0. The Labute approximate surface area is 92.8 Å². The number of carbonyl (C=O) groups excluding carboxylic acids is 1. The minimum absolute atomic E-state index is 0.0427. The summed E-state index contributed by atoms with van der Waals surface area (Å²) in [6.45, 7) is 6.05. The topological polar surface area (TPSA) is 46.5 Å². The molecule has 1 atom stereocenters. The minimum atomic E-state index is -0.168. The average molecular weight is 216 g/mol. The standard InChI is InChI=1S/C12H24O3/c1-4-6-11(7-5-2)12(14)15-10(3)8-9-13/h10-11,13H,4-9H2,1-3H3/t10-/m0/s1. The molecule has 0 rings (SSSR count). The van der Waals surface area contributed by atoms with Crippen LogP contribution in [0.3, 0.4) is 0 Å².